The summed E-state index contributed by atoms with van der Waals surface area (Å²) in [5.74, 6) is 0. The van der Waals surface area contributed by atoms with E-state index in [0.29, 0.717) is 0 Å². The molecule has 2 N–H and O–H groups in total. The summed E-state index contributed by atoms with van der Waals surface area (Å²) in [5.41, 5.74) is 0.279. The van der Waals surface area contributed by atoms with Gasteiger partial charge < -0.3 is 5.41 Å². The molecule has 2 heteroatoms. The van der Waals surface area contributed by atoms with Crippen LogP contribution in [0.4, 0.5) is 0 Å². The second-order valence-corrected chi connectivity index (χ2v) is 2.50. The number of nitrogens with one attached hydrogen (secondary N) is 2. The lowest BCUT2D eigenvalue weighted by Gasteiger charge is -1.90. The van der Waals surface area contributed by atoms with Crippen LogP contribution in [0.15, 0.2) is 12.2 Å². The molecule has 62 valence electrons. The Balaban J connectivity index is 3.29. The van der Waals surface area contributed by atoms with Gasteiger partial charge in [-0.15, -0.1) is 0 Å². The van der Waals surface area contributed by atoms with Crippen molar-refractivity contribution < 1.29 is 0 Å². The molecule has 0 aliphatic rings. The van der Waals surface area contributed by atoms with Gasteiger partial charge in [0.1, 0.15) is 0 Å². The molecule has 11 heavy (non-hydrogen) atoms. The van der Waals surface area contributed by atoms with Crippen molar-refractivity contribution in [3.05, 3.63) is 12.2 Å². The van der Waals surface area contributed by atoms with Crippen LogP contribution in [0.1, 0.15) is 32.6 Å². The Kier molecular flexibility index (Phi) is 6.59. The predicted octanol–water partition coefficient (Wildman–Crippen LogP) is 2.79. The quantitative estimate of drug-likeness (QED) is 0.434. The lowest BCUT2D eigenvalue weighted by atomic mass is 10.2. The molecule has 2 nitrogen and oxygen atoms in total. The minimum absolute atomic E-state index is 0.279. The number of unbranched alkanes of at least 4 members (excludes halogenated alkanes) is 3. The average molecular weight is 152 g/mol. The minimum atomic E-state index is 0.279. The van der Waals surface area contributed by atoms with Crippen LogP contribution in [0.2, 0.25) is 0 Å². The molecule has 0 fully saturated rings. The van der Waals surface area contributed by atoms with Gasteiger partial charge in [0.05, 0.1) is 5.71 Å². The van der Waals surface area contributed by atoms with E-state index in [0.717, 1.165) is 12.6 Å². The normalized spacial score (nSPS) is 10.3. The highest BCUT2D eigenvalue weighted by molar-refractivity contribution is 6.33. The summed E-state index contributed by atoms with van der Waals surface area (Å²) in [5, 5.41) is 13.8. The van der Waals surface area contributed by atoms with Gasteiger partial charge in [0.25, 0.3) is 0 Å². The van der Waals surface area contributed by atoms with E-state index in [-0.39, 0.29) is 5.71 Å². The zero-order valence-electron chi connectivity index (χ0n) is 7.06. The van der Waals surface area contributed by atoms with Crippen LogP contribution in [0.5, 0.6) is 0 Å². The first-order chi connectivity index (χ1) is 5.31. The van der Waals surface area contributed by atoms with E-state index < -0.39 is 0 Å². The molecule has 0 aliphatic carbocycles. The fourth-order valence-corrected chi connectivity index (χ4v) is 0.771. The maximum Gasteiger partial charge on any atom is 0.0712 e. The largest absolute Gasteiger partial charge is 0.307 e. The fourth-order valence-electron chi connectivity index (χ4n) is 0.771. The van der Waals surface area contributed by atoms with Crippen LogP contribution >= 0.6 is 0 Å². The molecule has 0 aromatic carbocycles. The van der Waals surface area contributed by atoms with Crippen LogP contribution < -0.4 is 0 Å². The van der Waals surface area contributed by atoms with Gasteiger partial charge in [-0.2, -0.15) is 0 Å². The smallest absolute Gasteiger partial charge is 0.0712 e. The fraction of sp³-hybridized carbons (Fsp3) is 0.556. The van der Waals surface area contributed by atoms with Crippen molar-refractivity contribution in [1.82, 2.24) is 0 Å². The first-order valence-corrected chi connectivity index (χ1v) is 4.06. The van der Waals surface area contributed by atoms with E-state index in [1.165, 1.54) is 19.3 Å². The maximum atomic E-state index is 7.09. The molecule has 0 saturated carbocycles. The second kappa shape index (κ2) is 7.19. The van der Waals surface area contributed by atoms with Gasteiger partial charge in [-0.25, -0.2) is 0 Å². The molecule has 0 spiro atoms. The van der Waals surface area contributed by atoms with Crippen LogP contribution in [-0.4, -0.2) is 11.9 Å². The molecular weight excluding hydrogens is 136 g/mol. The second-order valence-electron chi connectivity index (χ2n) is 2.50. The van der Waals surface area contributed by atoms with Crippen molar-refractivity contribution in [2.45, 2.75) is 32.6 Å². The molecule has 0 rings (SSSR count). The number of rotatable bonds is 6. The number of hydrogen-bond acceptors (Lipinski definition) is 2. The van der Waals surface area contributed by atoms with E-state index in [2.05, 4.69) is 6.92 Å². The van der Waals surface area contributed by atoms with Crippen molar-refractivity contribution >= 4 is 11.9 Å². The monoisotopic (exact) mass is 152 g/mol. The first kappa shape index (κ1) is 10.1. The van der Waals surface area contributed by atoms with E-state index >= 15 is 0 Å². The van der Waals surface area contributed by atoms with Crippen molar-refractivity contribution in [2.75, 3.05) is 0 Å². The SMILES string of the molecule is CCCCCC=CC(=N)C=N. The van der Waals surface area contributed by atoms with Crippen molar-refractivity contribution in [1.29, 1.82) is 10.8 Å². The highest BCUT2D eigenvalue weighted by Crippen LogP contribution is 1.99. The lowest BCUT2D eigenvalue weighted by molar-refractivity contribution is 0.729. The first-order valence-electron chi connectivity index (χ1n) is 4.06. The van der Waals surface area contributed by atoms with Gasteiger partial charge in [0, 0.05) is 6.21 Å². The minimum Gasteiger partial charge on any atom is -0.307 e. The Morgan fingerprint density at radius 3 is 2.64 bits per heavy atom. The average Bonchev–Trinajstić information content (AvgIpc) is 2.04. The molecule has 0 saturated heterocycles. The van der Waals surface area contributed by atoms with E-state index in [4.69, 9.17) is 10.8 Å². The van der Waals surface area contributed by atoms with Crippen molar-refractivity contribution in [3.8, 4) is 0 Å². The molecule has 0 aliphatic heterocycles. The summed E-state index contributed by atoms with van der Waals surface area (Å²) in [6.07, 6.45) is 9.41. The predicted molar refractivity (Wildman–Crippen MR) is 49.8 cm³/mol. The number of allylic oxidation sites excluding steroid dienone is 2. The maximum absolute atomic E-state index is 7.09. The van der Waals surface area contributed by atoms with E-state index in [1.54, 1.807) is 6.08 Å². The van der Waals surface area contributed by atoms with Crippen LogP contribution in [0.3, 0.4) is 0 Å². The number of hydrogen-bond donors (Lipinski definition) is 2. The highest BCUT2D eigenvalue weighted by atomic mass is 14.4. The molecule has 0 aromatic heterocycles. The molecule has 0 unspecified atom stereocenters. The lowest BCUT2D eigenvalue weighted by Crippen LogP contribution is -1.88. The zero-order chi connectivity index (χ0) is 8.53. The molecule has 0 heterocycles. The summed E-state index contributed by atoms with van der Waals surface area (Å²) >= 11 is 0. The molecule has 0 amide bonds. The van der Waals surface area contributed by atoms with Crippen LogP contribution in [0.25, 0.3) is 0 Å². The standard InChI is InChI=1S/C9H16N2/c1-2-3-4-5-6-7-9(11)8-10/h6-8,10-11H,2-5H2,1H3. The third-order valence-corrected chi connectivity index (χ3v) is 1.43. The Hall–Kier alpha value is -0.920. The summed E-state index contributed by atoms with van der Waals surface area (Å²) in [6.45, 7) is 2.17. The van der Waals surface area contributed by atoms with Gasteiger partial charge in [0.15, 0.2) is 0 Å². The molecular formula is C9H16N2. The third kappa shape index (κ3) is 6.97. The van der Waals surface area contributed by atoms with Gasteiger partial charge in [-0.05, 0) is 18.9 Å². The van der Waals surface area contributed by atoms with Crippen molar-refractivity contribution in [3.63, 3.8) is 0 Å². The Morgan fingerprint density at radius 1 is 1.36 bits per heavy atom. The highest BCUT2D eigenvalue weighted by Gasteiger charge is 1.83. The molecule has 0 radical (unpaired) electrons. The summed E-state index contributed by atoms with van der Waals surface area (Å²) in [4.78, 5) is 0. The van der Waals surface area contributed by atoms with Gasteiger partial charge in [0.2, 0.25) is 0 Å². The third-order valence-electron chi connectivity index (χ3n) is 1.43. The van der Waals surface area contributed by atoms with Gasteiger partial charge in [-0.1, -0.05) is 25.8 Å². The molecule has 0 bridgehead atoms. The Bertz CT molecular complexity index is 148. The Morgan fingerprint density at radius 2 is 2.09 bits per heavy atom. The topological polar surface area (TPSA) is 47.7 Å². The van der Waals surface area contributed by atoms with E-state index in [9.17, 15) is 0 Å². The summed E-state index contributed by atoms with van der Waals surface area (Å²) < 4.78 is 0. The van der Waals surface area contributed by atoms with Crippen molar-refractivity contribution in [2.24, 2.45) is 0 Å². The van der Waals surface area contributed by atoms with Crippen LogP contribution in [0, 0.1) is 10.8 Å². The summed E-state index contributed by atoms with van der Waals surface area (Å²) in [6, 6.07) is 0. The van der Waals surface area contributed by atoms with Gasteiger partial charge >= 0.3 is 0 Å². The van der Waals surface area contributed by atoms with Crippen LogP contribution in [-0.2, 0) is 0 Å². The molecule has 0 atom stereocenters. The molecule has 0 aromatic rings. The Labute approximate surface area is 68.3 Å². The summed E-state index contributed by atoms with van der Waals surface area (Å²) in [7, 11) is 0. The zero-order valence-corrected chi connectivity index (χ0v) is 7.06. The van der Waals surface area contributed by atoms with E-state index in [1.807, 2.05) is 6.08 Å². The van der Waals surface area contributed by atoms with Gasteiger partial charge in [-0.3, -0.25) is 5.41 Å².